The minimum Gasteiger partial charge on any atom is -0.496 e. The standard InChI is InChI=1S/C23H32O6/c1-24-12-18-8-16(9-19(13-25-2)22(18)28-5)7-17-10-20(14-26-3)23(29-6)21(11-17)15-27-4/h8-11H,7,12-15H2,1-6H3. The van der Waals surface area contributed by atoms with E-state index in [1.165, 1.54) is 0 Å². The van der Waals surface area contributed by atoms with Crippen LogP contribution in [0.1, 0.15) is 33.4 Å². The van der Waals surface area contributed by atoms with E-state index < -0.39 is 0 Å². The Hall–Kier alpha value is -2.12. The summed E-state index contributed by atoms with van der Waals surface area (Å²) in [6.07, 6.45) is 0.745. The molecular formula is C23H32O6. The maximum Gasteiger partial charge on any atom is 0.129 e. The van der Waals surface area contributed by atoms with Crippen LogP contribution < -0.4 is 9.47 Å². The molecule has 0 aliphatic rings. The first-order valence-electron chi connectivity index (χ1n) is 9.44. The first kappa shape index (κ1) is 23.2. The van der Waals surface area contributed by atoms with Crippen LogP contribution in [0.5, 0.6) is 11.5 Å². The van der Waals surface area contributed by atoms with E-state index in [2.05, 4.69) is 24.3 Å². The topological polar surface area (TPSA) is 55.4 Å². The molecule has 0 aliphatic carbocycles. The summed E-state index contributed by atoms with van der Waals surface area (Å²) in [7, 11) is 10.1. The molecule has 0 radical (unpaired) electrons. The van der Waals surface area contributed by atoms with Crippen molar-refractivity contribution >= 4 is 0 Å². The number of hydrogen-bond donors (Lipinski definition) is 0. The zero-order chi connectivity index (χ0) is 21.2. The summed E-state index contributed by atoms with van der Waals surface area (Å²) in [6.45, 7) is 1.89. The molecule has 29 heavy (non-hydrogen) atoms. The molecule has 0 aromatic heterocycles. The Morgan fingerprint density at radius 3 is 0.966 bits per heavy atom. The van der Waals surface area contributed by atoms with Crippen molar-refractivity contribution in [3.8, 4) is 11.5 Å². The van der Waals surface area contributed by atoms with Gasteiger partial charge in [0, 0.05) is 50.7 Å². The molecule has 0 bridgehead atoms. The van der Waals surface area contributed by atoms with Crippen molar-refractivity contribution in [2.24, 2.45) is 0 Å². The van der Waals surface area contributed by atoms with E-state index in [1.807, 2.05) is 0 Å². The lowest BCUT2D eigenvalue weighted by atomic mass is 9.96. The first-order valence-corrected chi connectivity index (χ1v) is 9.44. The zero-order valence-corrected chi connectivity index (χ0v) is 18.3. The van der Waals surface area contributed by atoms with Crippen molar-refractivity contribution in [3.05, 3.63) is 57.6 Å². The quantitative estimate of drug-likeness (QED) is 0.535. The van der Waals surface area contributed by atoms with Crippen molar-refractivity contribution in [2.45, 2.75) is 32.8 Å². The molecule has 0 amide bonds. The summed E-state index contributed by atoms with van der Waals surface area (Å²) < 4.78 is 32.7. The molecule has 0 spiro atoms. The van der Waals surface area contributed by atoms with E-state index in [9.17, 15) is 0 Å². The molecular weight excluding hydrogens is 372 g/mol. The van der Waals surface area contributed by atoms with Crippen molar-refractivity contribution in [1.29, 1.82) is 0 Å². The van der Waals surface area contributed by atoms with Crippen LogP contribution in [0.15, 0.2) is 24.3 Å². The van der Waals surface area contributed by atoms with Gasteiger partial charge in [0.2, 0.25) is 0 Å². The average molecular weight is 405 g/mol. The van der Waals surface area contributed by atoms with E-state index in [-0.39, 0.29) is 0 Å². The molecule has 0 fully saturated rings. The molecule has 0 saturated carbocycles. The van der Waals surface area contributed by atoms with Gasteiger partial charge in [-0.1, -0.05) is 0 Å². The molecule has 2 aromatic rings. The van der Waals surface area contributed by atoms with Gasteiger partial charge in [-0.25, -0.2) is 0 Å². The Bertz CT molecular complexity index is 667. The Kier molecular flexibility index (Phi) is 9.41. The third-order valence-corrected chi connectivity index (χ3v) is 4.62. The van der Waals surface area contributed by atoms with Crippen LogP contribution in [-0.4, -0.2) is 42.7 Å². The van der Waals surface area contributed by atoms with Gasteiger partial charge in [-0.2, -0.15) is 0 Å². The Morgan fingerprint density at radius 2 is 0.759 bits per heavy atom. The summed E-state index contributed by atoms with van der Waals surface area (Å²) in [5.74, 6) is 1.62. The second kappa shape index (κ2) is 11.8. The Morgan fingerprint density at radius 1 is 0.483 bits per heavy atom. The fraction of sp³-hybridized carbons (Fsp3) is 0.478. The van der Waals surface area contributed by atoms with Gasteiger partial charge >= 0.3 is 0 Å². The third kappa shape index (κ3) is 5.93. The van der Waals surface area contributed by atoms with Gasteiger partial charge in [-0.05, 0) is 41.8 Å². The third-order valence-electron chi connectivity index (χ3n) is 4.62. The highest BCUT2D eigenvalue weighted by molar-refractivity contribution is 5.48. The molecule has 2 rings (SSSR count). The van der Waals surface area contributed by atoms with Gasteiger partial charge in [0.1, 0.15) is 11.5 Å². The van der Waals surface area contributed by atoms with E-state index >= 15 is 0 Å². The number of benzene rings is 2. The predicted octanol–water partition coefficient (Wildman–Crippen LogP) is 3.88. The van der Waals surface area contributed by atoms with Crippen molar-refractivity contribution in [1.82, 2.24) is 0 Å². The average Bonchev–Trinajstić information content (AvgIpc) is 2.69. The number of ether oxygens (including phenoxy) is 6. The van der Waals surface area contributed by atoms with Gasteiger partial charge in [0.05, 0.1) is 40.6 Å². The lowest BCUT2D eigenvalue weighted by Crippen LogP contribution is -2.05. The fourth-order valence-corrected chi connectivity index (χ4v) is 3.67. The second-order valence-corrected chi connectivity index (χ2v) is 6.80. The summed E-state index contributed by atoms with van der Waals surface area (Å²) in [5.41, 5.74) is 6.32. The van der Waals surface area contributed by atoms with Gasteiger partial charge in [0.25, 0.3) is 0 Å². The van der Waals surface area contributed by atoms with E-state index in [0.29, 0.717) is 26.4 Å². The van der Waals surface area contributed by atoms with Gasteiger partial charge in [-0.15, -0.1) is 0 Å². The van der Waals surface area contributed by atoms with Gasteiger partial charge in [0.15, 0.2) is 0 Å². The Balaban J connectivity index is 2.48. The summed E-state index contributed by atoms with van der Waals surface area (Å²) in [6, 6.07) is 8.49. The van der Waals surface area contributed by atoms with Crippen LogP contribution >= 0.6 is 0 Å². The van der Waals surface area contributed by atoms with Crippen molar-refractivity contribution in [2.75, 3.05) is 42.7 Å². The largest absolute Gasteiger partial charge is 0.496 e. The van der Waals surface area contributed by atoms with Gasteiger partial charge < -0.3 is 28.4 Å². The van der Waals surface area contributed by atoms with Crippen LogP contribution in [0.25, 0.3) is 0 Å². The number of methoxy groups -OCH3 is 6. The monoisotopic (exact) mass is 404 g/mol. The highest BCUT2D eigenvalue weighted by Gasteiger charge is 2.15. The van der Waals surface area contributed by atoms with Crippen LogP contribution in [0.4, 0.5) is 0 Å². The van der Waals surface area contributed by atoms with Crippen molar-refractivity contribution < 1.29 is 28.4 Å². The molecule has 0 saturated heterocycles. The molecule has 6 nitrogen and oxygen atoms in total. The maximum absolute atomic E-state index is 5.61. The molecule has 160 valence electrons. The van der Waals surface area contributed by atoms with Crippen LogP contribution in [-0.2, 0) is 51.8 Å². The SMILES string of the molecule is COCc1cc(Cc2cc(COC)c(OC)c(COC)c2)cc(COC)c1OC. The molecule has 2 aromatic carbocycles. The minimum atomic E-state index is 0.472. The van der Waals surface area contributed by atoms with Gasteiger partial charge in [-0.3, -0.25) is 0 Å². The van der Waals surface area contributed by atoms with Crippen molar-refractivity contribution in [3.63, 3.8) is 0 Å². The zero-order valence-electron chi connectivity index (χ0n) is 18.3. The molecule has 0 atom stereocenters. The molecule has 6 heteroatoms. The summed E-state index contributed by atoms with van der Waals surface area (Å²) in [5, 5.41) is 0. The van der Waals surface area contributed by atoms with E-state index in [4.69, 9.17) is 28.4 Å². The summed E-state index contributed by atoms with van der Waals surface area (Å²) in [4.78, 5) is 0. The molecule has 0 aliphatic heterocycles. The normalized spacial score (nSPS) is 11.0. The van der Waals surface area contributed by atoms with Crippen LogP contribution in [0, 0.1) is 0 Å². The second-order valence-electron chi connectivity index (χ2n) is 6.80. The summed E-state index contributed by atoms with van der Waals surface area (Å²) >= 11 is 0. The highest BCUT2D eigenvalue weighted by atomic mass is 16.5. The van der Waals surface area contributed by atoms with Crippen LogP contribution in [0.3, 0.4) is 0 Å². The molecule has 0 unspecified atom stereocenters. The molecule has 0 N–H and O–H groups in total. The van der Waals surface area contributed by atoms with E-state index in [1.54, 1.807) is 42.7 Å². The maximum atomic E-state index is 5.61. The molecule has 0 heterocycles. The number of rotatable bonds is 12. The van der Waals surface area contributed by atoms with E-state index in [0.717, 1.165) is 51.3 Å². The lowest BCUT2D eigenvalue weighted by Gasteiger charge is -2.18. The predicted molar refractivity (Wildman–Crippen MR) is 112 cm³/mol. The fourth-order valence-electron chi connectivity index (χ4n) is 3.67. The highest BCUT2D eigenvalue weighted by Crippen LogP contribution is 2.31. The smallest absolute Gasteiger partial charge is 0.129 e. The Labute approximate surface area is 173 Å². The lowest BCUT2D eigenvalue weighted by molar-refractivity contribution is 0.173. The van der Waals surface area contributed by atoms with Crippen LogP contribution in [0.2, 0.25) is 0 Å². The first-order chi connectivity index (χ1) is 14.1. The number of hydrogen-bond acceptors (Lipinski definition) is 6. The minimum absolute atomic E-state index is 0.472.